The van der Waals surface area contributed by atoms with Gasteiger partial charge < -0.3 is 14.5 Å². The Labute approximate surface area is 204 Å². The zero-order valence-corrected chi connectivity index (χ0v) is 19.9. The second-order valence-electron chi connectivity index (χ2n) is 7.39. The normalized spacial score (nSPS) is 13.2. The van der Waals surface area contributed by atoms with E-state index >= 15 is 0 Å². The molecule has 1 aliphatic carbocycles. The number of ether oxygens (including phenoxy) is 1. The van der Waals surface area contributed by atoms with Crippen molar-refractivity contribution in [2.45, 2.75) is 25.7 Å². The van der Waals surface area contributed by atoms with E-state index in [1.807, 2.05) is 6.07 Å². The first-order valence-corrected chi connectivity index (χ1v) is 11.7. The number of nitriles is 1. The molecular formula is C24H18Cl2N2O4S. The van der Waals surface area contributed by atoms with Gasteiger partial charge in [-0.1, -0.05) is 23.2 Å². The van der Waals surface area contributed by atoms with Crippen LogP contribution in [0.3, 0.4) is 0 Å². The second-order valence-corrected chi connectivity index (χ2v) is 9.37. The van der Waals surface area contributed by atoms with Crippen molar-refractivity contribution in [2.24, 2.45) is 0 Å². The fourth-order valence-corrected chi connectivity index (χ4v) is 5.51. The monoisotopic (exact) mass is 500 g/mol. The number of rotatable bonds is 5. The highest BCUT2D eigenvalue weighted by Crippen LogP contribution is 2.39. The molecule has 33 heavy (non-hydrogen) atoms. The number of benzene rings is 1. The SMILES string of the molecule is COC(=O)c1c(NC(=O)/C(C#N)=C/c2ccc(-c3cc(Cl)cc(Cl)c3)o2)sc2c1CCCC2. The van der Waals surface area contributed by atoms with Crippen molar-refractivity contribution in [3.05, 3.63) is 67.7 Å². The molecule has 0 unspecified atom stereocenters. The maximum atomic E-state index is 12.9. The van der Waals surface area contributed by atoms with Gasteiger partial charge in [-0.05, 0) is 61.6 Å². The molecular weight excluding hydrogens is 483 g/mol. The number of halogens is 2. The van der Waals surface area contributed by atoms with Crippen LogP contribution in [0.1, 0.15) is 39.4 Å². The van der Waals surface area contributed by atoms with E-state index in [1.165, 1.54) is 24.5 Å². The van der Waals surface area contributed by atoms with Crippen molar-refractivity contribution in [1.82, 2.24) is 0 Å². The van der Waals surface area contributed by atoms with Gasteiger partial charge in [-0.3, -0.25) is 4.79 Å². The Morgan fingerprint density at radius 2 is 1.91 bits per heavy atom. The Morgan fingerprint density at radius 1 is 1.18 bits per heavy atom. The molecule has 0 atom stereocenters. The van der Waals surface area contributed by atoms with E-state index in [2.05, 4.69) is 5.32 Å². The first-order valence-electron chi connectivity index (χ1n) is 10.1. The lowest BCUT2D eigenvalue weighted by molar-refractivity contribution is -0.112. The predicted molar refractivity (Wildman–Crippen MR) is 129 cm³/mol. The number of aryl methyl sites for hydroxylation is 1. The van der Waals surface area contributed by atoms with E-state index in [4.69, 9.17) is 32.4 Å². The predicted octanol–water partition coefficient (Wildman–Crippen LogP) is 6.53. The van der Waals surface area contributed by atoms with Gasteiger partial charge in [0.05, 0.1) is 12.7 Å². The van der Waals surface area contributed by atoms with Gasteiger partial charge in [-0.2, -0.15) is 5.26 Å². The van der Waals surface area contributed by atoms with Gasteiger partial charge in [0.25, 0.3) is 5.91 Å². The number of methoxy groups -OCH3 is 1. The van der Waals surface area contributed by atoms with E-state index in [0.29, 0.717) is 37.7 Å². The molecule has 3 aromatic rings. The number of carbonyl (C=O) groups excluding carboxylic acids is 2. The second kappa shape index (κ2) is 9.84. The Bertz CT molecular complexity index is 1300. The summed E-state index contributed by atoms with van der Waals surface area (Å²) in [5, 5.41) is 13.6. The number of amides is 1. The molecule has 6 nitrogen and oxygen atoms in total. The van der Waals surface area contributed by atoms with Gasteiger partial charge in [0, 0.05) is 26.6 Å². The highest BCUT2D eigenvalue weighted by atomic mass is 35.5. The van der Waals surface area contributed by atoms with Crippen LogP contribution >= 0.6 is 34.5 Å². The Balaban J connectivity index is 1.60. The van der Waals surface area contributed by atoms with Crippen LogP contribution in [0.15, 0.2) is 40.3 Å². The van der Waals surface area contributed by atoms with Gasteiger partial charge in [-0.25, -0.2) is 4.79 Å². The van der Waals surface area contributed by atoms with E-state index in [1.54, 1.807) is 30.3 Å². The number of nitrogens with one attached hydrogen (secondary N) is 1. The van der Waals surface area contributed by atoms with Crippen LogP contribution in [-0.4, -0.2) is 19.0 Å². The quantitative estimate of drug-likeness (QED) is 0.244. The molecule has 168 valence electrons. The van der Waals surface area contributed by atoms with Crippen LogP contribution in [-0.2, 0) is 22.4 Å². The van der Waals surface area contributed by atoms with Crippen molar-refractivity contribution >= 4 is 57.5 Å². The number of fused-ring (bicyclic) bond motifs is 1. The number of carbonyl (C=O) groups is 2. The third-order valence-electron chi connectivity index (χ3n) is 5.21. The molecule has 4 rings (SSSR count). The largest absolute Gasteiger partial charge is 0.465 e. The molecule has 0 aliphatic heterocycles. The van der Waals surface area contributed by atoms with Gasteiger partial charge >= 0.3 is 5.97 Å². The lowest BCUT2D eigenvalue weighted by Crippen LogP contribution is -2.16. The first-order chi connectivity index (χ1) is 15.9. The van der Waals surface area contributed by atoms with Crippen molar-refractivity contribution in [3.8, 4) is 17.4 Å². The third kappa shape index (κ3) is 4.98. The summed E-state index contributed by atoms with van der Waals surface area (Å²) in [6.07, 6.45) is 4.96. The molecule has 1 amide bonds. The minimum absolute atomic E-state index is 0.165. The fraction of sp³-hybridized carbons (Fsp3) is 0.208. The van der Waals surface area contributed by atoms with E-state index < -0.39 is 11.9 Å². The van der Waals surface area contributed by atoms with Crippen molar-refractivity contribution in [1.29, 1.82) is 5.26 Å². The minimum atomic E-state index is -0.634. The topological polar surface area (TPSA) is 92.3 Å². The maximum absolute atomic E-state index is 12.9. The lowest BCUT2D eigenvalue weighted by Gasteiger charge is -2.11. The molecule has 0 saturated carbocycles. The smallest absolute Gasteiger partial charge is 0.341 e. The average Bonchev–Trinajstić information content (AvgIpc) is 3.40. The molecule has 0 bridgehead atoms. The van der Waals surface area contributed by atoms with Crippen molar-refractivity contribution < 1.29 is 18.7 Å². The number of furan rings is 1. The van der Waals surface area contributed by atoms with Crippen LogP contribution in [0.2, 0.25) is 10.0 Å². The number of nitrogens with zero attached hydrogens (tertiary/aromatic N) is 1. The summed E-state index contributed by atoms with van der Waals surface area (Å²) in [7, 11) is 1.31. The first kappa shape index (κ1) is 23.1. The summed E-state index contributed by atoms with van der Waals surface area (Å²) in [4.78, 5) is 26.3. The van der Waals surface area contributed by atoms with Crippen LogP contribution in [0, 0.1) is 11.3 Å². The maximum Gasteiger partial charge on any atom is 0.341 e. The Morgan fingerprint density at radius 3 is 2.61 bits per heavy atom. The summed E-state index contributed by atoms with van der Waals surface area (Å²) in [6, 6.07) is 10.2. The number of hydrogen-bond donors (Lipinski definition) is 1. The highest BCUT2D eigenvalue weighted by molar-refractivity contribution is 7.17. The summed E-state index contributed by atoms with van der Waals surface area (Å²) in [5.41, 5.74) is 1.80. The molecule has 0 fully saturated rings. The van der Waals surface area contributed by atoms with Crippen molar-refractivity contribution in [3.63, 3.8) is 0 Å². The zero-order valence-electron chi connectivity index (χ0n) is 17.5. The minimum Gasteiger partial charge on any atom is -0.465 e. The molecule has 1 aromatic carbocycles. The van der Waals surface area contributed by atoms with Crippen LogP contribution in [0.4, 0.5) is 5.00 Å². The number of anilines is 1. The fourth-order valence-electron chi connectivity index (χ4n) is 3.71. The number of esters is 1. The highest BCUT2D eigenvalue weighted by Gasteiger charge is 2.27. The average molecular weight is 501 g/mol. The third-order valence-corrected chi connectivity index (χ3v) is 6.86. The number of hydrogen-bond acceptors (Lipinski definition) is 6. The Hall–Kier alpha value is -3.05. The van der Waals surface area contributed by atoms with Crippen LogP contribution < -0.4 is 5.32 Å². The standard InChI is InChI=1S/C24H18Cl2N2O4S/c1-31-24(30)21-18-4-2-3-5-20(18)33-23(21)28-22(29)14(12-27)10-17-6-7-19(32-17)13-8-15(25)11-16(26)9-13/h6-11H,2-5H2,1H3,(H,28,29)/b14-10+. The molecule has 2 aromatic heterocycles. The van der Waals surface area contributed by atoms with Crippen LogP contribution in [0.25, 0.3) is 17.4 Å². The van der Waals surface area contributed by atoms with E-state index in [-0.39, 0.29) is 5.57 Å². The molecule has 0 saturated heterocycles. The number of thiophene rings is 1. The van der Waals surface area contributed by atoms with E-state index in [0.717, 1.165) is 36.1 Å². The van der Waals surface area contributed by atoms with Gasteiger partial charge in [-0.15, -0.1) is 11.3 Å². The van der Waals surface area contributed by atoms with Crippen LogP contribution in [0.5, 0.6) is 0 Å². The molecule has 2 heterocycles. The van der Waals surface area contributed by atoms with Gasteiger partial charge in [0.2, 0.25) is 0 Å². The van der Waals surface area contributed by atoms with E-state index in [9.17, 15) is 14.9 Å². The lowest BCUT2D eigenvalue weighted by atomic mass is 9.95. The summed E-state index contributed by atoms with van der Waals surface area (Å²) in [6.45, 7) is 0. The van der Waals surface area contributed by atoms with Crippen molar-refractivity contribution in [2.75, 3.05) is 12.4 Å². The summed E-state index contributed by atoms with van der Waals surface area (Å²) >= 11 is 13.5. The molecule has 0 radical (unpaired) electrons. The summed E-state index contributed by atoms with van der Waals surface area (Å²) in [5.74, 6) is -0.332. The van der Waals surface area contributed by atoms with Gasteiger partial charge in [0.15, 0.2) is 0 Å². The summed E-state index contributed by atoms with van der Waals surface area (Å²) < 4.78 is 10.7. The van der Waals surface area contributed by atoms with Gasteiger partial charge in [0.1, 0.15) is 28.2 Å². The Kier molecular flexibility index (Phi) is 6.89. The molecule has 1 aliphatic rings. The zero-order chi connectivity index (χ0) is 23.5. The molecule has 9 heteroatoms. The molecule has 0 spiro atoms. The molecule has 1 N–H and O–H groups in total.